The Morgan fingerprint density at radius 1 is 1.38 bits per heavy atom. The van der Waals surface area contributed by atoms with Crippen LogP contribution in [-0.2, 0) is 0 Å². The van der Waals surface area contributed by atoms with Crippen molar-refractivity contribution in [3.05, 3.63) is 0 Å². The summed E-state index contributed by atoms with van der Waals surface area (Å²) in [5.41, 5.74) is -0.375. The first-order valence-electron chi connectivity index (χ1n) is 5.06. The van der Waals surface area contributed by atoms with Gasteiger partial charge in [0.05, 0.1) is 17.6 Å². The number of hydrogen-bond acceptors (Lipinski definition) is 2. The van der Waals surface area contributed by atoms with E-state index in [1.54, 1.807) is 0 Å². The van der Waals surface area contributed by atoms with Gasteiger partial charge in [0, 0.05) is 5.92 Å². The van der Waals surface area contributed by atoms with Crippen molar-refractivity contribution in [3.63, 3.8) is 0 Å². The second-order valence-corrected chi connectivity index (χ2v) is 4.93. The van der Waals surface area contributed by atoms with Crippen molar-refractivity contribution in [1.29, 1.82) is 5.26 Å². The molecule has 0 bridgehead atoms. The summed E-state index contributed by atoms with van der Waals surface area (Å²) in [6.07, 6.45) is 2.71. The summed E-state index contributed by atoms with van der Waals surface area (Å²) in [6, 6.07) is 2.30. The van der Waals surface area contributed by atoms with E-state index in [1.165, 1.54) is 0 Å². The van der Waals surface area contributed by atoms with E-state index >= 15 is 0 Å². The van der Waals surface area contributed by atoms with Gasteiger partial charge in [-0.15, -0.1) is 0 Å². The monoisotopic (exact) mass is 181 g/mol. The molecule has 2 nitrogen and oxygen atoms in total. The zero-order valence-corrected chi connectivity index (χ0v) is 8.75. The highest BCUT2D eigenvalue weighted by Gasteiger charge is 2.38. The van der Waals surface area contributed by atoms with Gasteiger partial charge in [0.2, 0.25) is 0 Å². The smallest absolute Gasteiger partial charge is 0.0687 e. The number of aliphatic hydroxyl groups is 1. The van der Waals surface area contributed by atoms with Gasteiger partial charge in [0.1, 0.15) is 0 Å². The standard InChI is InChI=1S/C11H19NO/c1-8-4-5-9(10(13)6-8)11(2,3)7-12/h8-10,13H,4-6H2,1-3H3/t8-,9-,10-/m1/s1. The molecule has 0 aliphatic heterocycles. The molecule has 2 heteroatoms. The number of nitrogens with zero attached hydrogens (tertiary/aromatic N) is 1. The lowest BCUT2D eigenvalue weighted by atomic mass is 9.68. The van der Waals surface area contributed by atoms with Crippen LogP contribution >= 0.6 is 0 Å². The highest BCUT2D eigenvalue weighted by Crippen LogP contribution is 2.39. The van der Waals surface area contributed by atoms with Crippen molar-refractivity contribution in [2.24, 2.45) is 17.3 Å². The van der Waals surface area contributed by atoms with E-state index < -0.39 is 0 Å². The van der Waals surface area contributed by atoms with E-state index in [4.69, 9.17) is 5.26 Å². The Labute approximate surface area is 80.6 Å². The maximum absolute atomic E-state index is 9.85. The molecular formula is C11H19NO. The van der Waals surface area contributed by atoms with Crippen LogP contribution in [0.4, 0.5) is 0 Å². The fourth-order valence-corrected chi connectivity index (χ4v) is 2.28. The highest BCUT2D eigenvalue weighted by molar-refractivity contribution is 5.00. The van der Waals surface area contributed by atoms with Gasteiger partial charge in [-0.3, -0.25) is 0 Å². The molecule has 1 aliphatic rings. The van der Waals surface area contributed by atoms with Crippen LogP contribution in [0.2, 0.25) is 0 Å². The Hall–Kier alpha value is -0.550. The minimum Gasteiger partial charge on any atom is -0.393 e. The fourth-order valence-electron chi connectivity index (χ4n) is 2.28. The summed E-state index contributed by atoms with van der Waals surface area (Å²) < 4.78 is 0. The third-order valence-corrected chi connectivity index (χ3v) is 3.29. The predicted molar refractivity (Wildman–Crippen MR) is 51.9 cm³/mol. The molecule has 0 spiro atoms. The number of aliphatic hydroxyl groups excluding tert-OH is 1. The molecule has 13 heavy (non-hydrogen) atoms. The van der Waals surface area contributed by atoms with Crippen LogP contribution in [0, 0.1) is 28.6 Å². The molecule has 1 saturated carbocycles. The maximum atomic E-state index is 9.85. The highest BCUT2D eigenvalue weighted by atomic mass is 16.3. The summed E-state index contributed by atoms with van der Waals surface area (Å²) in [5.74, 6) is 0.773. The second kappa shape index (κ2) is 3.67. The molecule has 1 N–H and O–H groups in total. The Morgan fingerprint density at radius 3 is 2.46 bits per heavy atom. The van der Waals surface area contributed by atoms with Crippen LogP contribution in [0.3, 0.4) is 0 Å². The first-order valence-corrected chi connectivity index (χ1v) is 5.06. The predicted octanol–water partition coefficient (Wildman–Crippen LogP) is 2.33. The fraction of sp³-hybridized carbons (Fsp3) is 0.909. The molecule has 0 saturated heterocycles. The SMILES string of the molecule is C[C@@H]1CC[C@@H](C(C)(C)C#N)[C@H](O)C1. The molecule has 1 aliphatic carbocycles. The summed E-state index contributed by atoms with van der Waals surface area (Å²) in [5, 5.41) is 18.8. The summed E-state index contributed by atoms with van der Waals surface area (Å²) in [7, 11) is 0. The molecule has 0 amide bonds. The van der Waals surface area contributed by atoms with Crippen LogP contribution in [0.1, 0.15) is 40.0 Å². The van der Waals surface area contributed by atoms with Crippen molar-refractivity contribution in [3.8, 4) is 6.07 Å². The van der Waals surface area contributed by atoms with Crippen LogP contribution in [0.15, 0.2) is 0 Å². The maximum Gasteiger partial charge on any atom is 0.0687 e. The zero-order chi connectivity index (χ0) is 10.1. The lowest BCUT2D eigenvalue weighted by Crippen LogP contribution is -2.37. The molecule has 1 rings (SSSR count). The van der Waals surface area contributed by atoms with E-state index in [0.29, 0.717) is 5.92 Å². The van der Waals surface area contributed by atoms with E-state index in [0.717, 1.165) is 19.3 Å². The lowest BCUT2D eigenvalue weighted by molar-refractivity contribution is 0.00702. The van der Waals surface area contributed by atoms with Crippen molar-refractivity contribution in [2.75, 3.05) is 0 Å². The van der Waals surface area contributed by atoms with E-state index in [-0.39, 0.29) is 17.4 Å². The number of rotatable bonds is 1. The largest absolute Gasteiger partial charge is 0.393 e. The van der Waals surface area contributed by atoms with Gasteiger partial charge in [-0.05, 0) is 32.6 Å². The third-order valence-electron chi connectivity index (χ3n) is 3.29. The van der Waals surface area contributed by atoms with Crippen molar-refractivity contribution in [2.45, 2.75) is 46.1 Å². The molecule has 3 atom stereocenters. The Kier molecular flexibility index (Phi) is 2.98. The average molecular weight is 181 g/mol. The molecule has 0 heterocycles. The molecule has 0 radical (unpaired) electrons. The minimum absolute atomic E-state index is 0.161. The van der Waals surface area contributed by atoms with Gasteiger partial charge in [-0.25, -0.2) is 0 Å². The van der Waals surface area contributed by atoms with Gasteiger partial charge < -0.3 is 5.11 Å². The molecule has 0 aromatic heterocycles. The Morgan fingerprint density at radius 2 is 2.00 bits per heavy atom. The number of hydrogen-bond donors (Lipinski definition) is 1. The van der Waals surface area contributed by atoms with Crippen molar-refractivity contribution < 1.29 is 5.11 Å². The first kappa shape index (κ1) is 10.5. The van der Waals surface area contributed by atoms with Crippen LogP contribution in [0.25, 0.3) is 0 Å². The second-order valence-electron chi connectivity index (χ2n) is 4.93. The molecule has 0 aromatic carbocycles. The topological polar surface area (TPSA) is 44.0 Å². The molecule has 0 aromatic rings. The average Bonchev–Trinajstić information content (AvgIpc) is 2.03. The molecule has 0 unspecified atom stereocenters. The third kappa shape index (κ3) is 2.22. The Bertz CT molecular complexity index is 217. The summed E-state index contributed by atoms with van der Waals surface area (Å²) >= 11 is 0. The van der Waals surface area contributed by atoms with E-state index in [9.17, 15) is 5.11 Å². The first-order chi connectivity index (χ1) is 5.97. The van der Waals surface area contributed by atoms with Crippen molar-refractivity contribution in [1.82, 2.24) is 0 Å². The number of nitriles is 1. The van der Waals surface area contributed by atoms with E-state index in [1.807, 2.05) is 13.8 Å². The summed E-state index contributed by atoms with van der Waals surface area (Å²) in [6.45, 7) is 6.02. The van der Waals surface area contributed by atoms with Gasteiger partial charge in [0.15, 0.2) is 0 Å². The zero-order valence-electron chi connectivity index (χ0n) is 8.75. The normalized spacial score (nSPS) is 35.5. The molecular weight excluding hydrogens is 162 g/mol. The van der Waals surface area contributed by atoms with Crippen molar-refractivity contribution >= 4 is 0 Å². The Balaban J connectivity index is 2.67. The van der Waals surface area contributed by atoms with Crippen LogP contribution < -0.4 is 0 Å². The van der Waals surface area contributed by atoms with Crippen LogP contribution in [-0.4, -0.2) is 11.2 Å². The van der Waals surface area contributed by atoms with Gasteiger partial charge in [-0.1, -0.05) is 13.3 Å². The van der Waals surface area contributed by atoms with Gasteiger partial charge in [0.25, 0.3) is 0 Å². The summed E-state index contributed by atoms with van der Waals surface area (Å²) in [4.78, 5) is 0. The lowest BCUT2D eigenvalue weighted by Gasteiger charge is -2.37. The van der Waals surface area contributed by atoms with E-state index in [2.05, 4.69) is 13.0 Å². The van der Waals surface area contributed by atoms with Gasteiger partial charge in [-0.2, -0.15) is 5.26 Å². The molecule has 1 fully saturated rings. The molecule has 74 valence electrons. The van der Waals surface area contributed by atoms with Gasteiger partial charge >= 0.3 is 0 Å². The minimum atomic E-state index is -0.375. The quantitative estimate of drug-likeness (QED) is 0.674. The van der Waals surface area contributed by atoms with Crippen LogP contribution in [0.5, 0.6) is 0 Å².